The van der Waals surface area contributed by atoms with E-state index in [2.05, 4.69) is 20.7 Å². The van der Waals surface area contributed by atoms with Gasteiger partial charge in [0.05, 0.1) is 17.1 Å². The Hall–Kier alpha value is -1.21. The van der Waals surface area contributed by atoms with Crippen molar-refractivity contribution in [1.29, 1.82) is 0 Å². The molecular weight excluding hydrogens is 288 g/mol. The molecule has 0 radical (unpaired) electrons. The molecule has 3 N–H and O–H groups in total. The van der Waals surface area contributed by atoms with Gasteiger partial charge in [-0.2, -0.15) is 0 Å². The van der Waals surface area contributed by atoms with Gasteiger partial charge in [-0.05, 0) is 22.0 Å². The fourth-order valence-corrected chi connectivity index (χ4v) is 1.62. The molecule has 88 valence electrons. The Bertz CT molecular complexity index is 439. The van der Waals surface area contributed by atoms with Crippen LogP contribution in [-0.4, -0.2) is 18.2 Å². The molecule has 1 rings (SSSR count). The van der Waals surface area contributed by atoms with Crippen molar-refractivity contribution in [2.24, 2.45) is 5.73 Å². The Kier molecular flexibility index (Phi) is 3.82. The molecule has 0 aliphatic rings. The zero-order chi connectivity index (χ0) is 12.5. The Morgan fingerprint density at radius 2 is 2.19 bits per heavy atom. The van der Waals surface area contributed by atoms with Gasteiger partial charge in [0.25, 0.3) is 0 Å². The van der Waals surface area contributed by atoms with Gasteiger partial charge < -0.3 is 15.6 Å². The van der Waals surface area contributed by atoms with Gasteiger partial charge >= 0.3 is 5.97 Å². The summed E-state index contributed by atoms with van der Waals surface area (Å²) in [5.74, 6) is -3.82. The maximum Gasteiger partial charge on any atom is 0.325 e. The van der Waals surface area contributed by atoms with Crippen LogP contribution in [0.15, 0.2) is 10.5 Å². The van der Waals surface area contributed by atoms with Gasteiger partial charge in [-0.25, -0.2) is 8.78 Å². The van der Waals surface area contributed by atoms with Crippen LogP contribution in [0.25, 0.3) is 0 Å². The lowest BCUT2D eigenvalue weighted by atomic mass is 10.1. The van der Waals surface area contributed by atoms with Crippen LogP contribution < -0.4 is 10.5 Å². The van der Waals surface area contributed by atoms with Gasteiger partial charge in [0.1, 0.15) is 11.9 Å². The van der Waals surface area contributed by atoms with Gasteiger partial charge in [-0.1, -0.05) is 0 Å². The van der Waals surface area contributed by atoms with Crippen molar-refractivity contribution in [3.8, 4) is 5.75 Å². The zero-order valence-corrected chi connectivity index (χ0v) is 9.72. The van der Waals surface area contributed by atoms with Gasteiger partial charge in [0, 0.05) is 0 Å². The second kappa shape index (κ2) is 4.75. The standard InChI is InChI=1S/C9H8BrF2NO3/c1-16-8-4(11)2-3(10)6(12)5(8)7(13)9(14)15/h2,7H,13H2,1H3,(H,14,15). The van der Waals surface area contributed by atoms with E-state index >= 15 is 0 Å². The molecule has 0 aliphatic carbocycles. The number of carboxylic acid groups (broad SMARTS) is 1. The first-order valence-corrected chi connectivity index (χ1v) is 4.89. The highest BCUT2D eigenvalue weighted by atomic mass is 79.9. The molecule has 0 bridgehead atoms. The fourth-order valence-electron chi connectivity index (χ4n) is 1.21. The van der Waals surface area contributed by atoms with Crippen LogP contribution in [0.3, 0.4) is 0 Å². The molecule has 0 amide bonds. The number of carboxylic acids is 1. The molecule has 0 aromatic heterocycles. The molecule has 16 heavy (non-hydrogen) atoms. The van der Waals surface area contributed by atoms with Crippen LogP contribution in [-0.2, 0) is 4.79 Å². The van der Waals surface area contributed by atoms with Crippen molar-refractivity contribution in [1.82, 2.24) is 0 Å². The summed E-state index contributed by atoms with van der Waals surface area (Å²) in [5.41, 5.74) is 4.72. The average Bonchev–Trinajstić information content (AvgIpc) is 2.21. The minimum atomic E-state index is -1.69. The number of rotatable bonds is 3. The monoisotopic (exact) mass is 295 g/mol. The van der Waals surface area contributed by atoms with Crippen LogP contribution in [0.5, 0.6) is 5.75 Å². The Morgan fingerprint density at radius 3 is 2.62 bits per heavy atom. The predicted octanol–water partition coefficient (Wildman–Crippen LogP) is 1.82. The van der Waals surface area contributed by atoms with E-state index in [1.165, 1.54) is 0 Å². The number of ether oxygens (including phenoxy) is 1. The highest BCUT2D eigenvalue weighted by molar-refractivity contribution is 9.10. The third-order valence-electron chi connectivity index (χ3n) is 1.94. The maximum atomic E-state index is 13.6. The molecule has 0 saturated heterocycles. The lowest BCUT2D eigenvalue weighted by molar-refractivity contribution is -0.138. The van der Waals surface area contributed by atoms with Crippen LogP contribution in [0, 0.1) is 11.6 Å². The molecule has 1 unspecified atom stereocenters. The third-order valence-corrected chi connectivity index (χ3v) is 2.52. The number of benzene rings is 1. The second-order valence-electron chi connectivity index (χ2n) is 2.92. The van der Waals surface area contributed by atoms with Gasteiger partial charge in [0.2, 0.25) is 0 Å². The number of aliphatic carboxylic acids is 1. The van der Waals surface area contributed by atoms with Gasteiger partial charge in [-0.3, -0.25) is 4.79 Å². The van der Waals surface area contributed by atoms with Crippen molar-refractivity contribution in [3.05, 3.63) is 27.7 Å². The summed E-state index contributed by atoms with van der Waals surface area (Å²) in [6.45, 7) is 0. The molecule has 1 aromatic carbocycles. The van der Waals surface area contributed by atoms with E-state index in [4.69, 9.17) is 10.8 Å². The largest absolute Gasteiger partial charge is 0.493 e. The summed E-state index contributed by atoms with van der Waals surface area (Å²) >= 11 is 2.76. The maximum absolute atomic E-state index is 13.6. The van der Waals surface area contributed by atoms with Crippen LogP contribution in [0.1, 0.15) is 11.6 Å². The van der Waals surface area contributed by atoms with E-state index in [0.717, 1.165) is 13.2 Å². The molecule has 1 aromatic rings. The number of hydrogen-bond acceptors (Lipinski definition) is 3. The van der Waals surface area contributed by atoms with E-state index in [9.17, 15) is 13.6 Å². The minimum Gasteiger partial charge on any atom is -0.493 e. The zero-order valence-electron chi connectivity index (χ0n) is 8.13. The summed E-state index contributed by atoms with van der Waals surface area (Å²) in [6.07, 6.45) is 0. The number of carbonyl (C=O) groups is 1. The summed E-state index contributed by atoms with van der Waals surface area (Å²) in [4.78, 5) is 10.7. The van der Waals surface area contributed by atoms with Crippen LogP contribution in [0.2, 0.25) is 0 Å². The SMILES string of the molecule is COc1c(F)cc(Br)c(F)c1C(N)C(=O)O. The number of hydrogen-bond donors (Lipinski definition) is 2. The Morgan fingerprint density at radius 1 is 1.62 bits per heavy atom. The van der Waals surface area contributed by atoms with E-state index in [1.54, 1.807) is 0 Å². The number of halogens is 3. The Labute approximate surface area is 98.1 Å². The van der Waals surface area contributed by atoms with E-state index < -0.39 is 35.0 Å². The summed E-state index contributed by atoms with van der Waals surface area (Å²) in [7, 11) is 1.10. The van der Waals surface area contributed by atoms with Crippen molar-refractivity contribution in [2.45, 2.75) is 6.04 Å². The fraction of sp³-hybridized carbons (Fsp3) is 0.222. The first-order valence-electron chi connectivity index (χ1n) is 4.10. The minimum absolute atomic E-state index is 0.211. The van der Waals surface area contributed by atoms with E-state index in [0.29, 0.717) is 0 Å². The normalized spacial score (nSPS) is 12.3. The lowest BCUT2D eigenvalue weighted by Gasteiger charge is -2.14. The molecule has 0 saturated carbocycles. The molecule has 0 spiro atoms. The molecule has 0 fully saturated rings. The highest BCUT2D eigenvalue weighted by Gasteiger charge is 2.27. The molecule has 1 atom stereocenters. The molecule has 4 nitrogen and oxygen atoms in total. The van der Waals surface area contributed by atoms with Crippen LogP contribution >= 0.6 is 15.9 Å². The third kappa shape index (κ3) is 2.14. The predicted molar refractivity (Wildman–Crippen MR) is 55.2 cm³/mol. The molecule has 7 heteroatoms. The topological polar surface area (TPSA) is 72.5 Å². The molecular formula is C9H8BrF2NO3. The van der Waals surface area contributed by atoms with Crippen molar-refractivity contribution < 1.29 is 23.4 Å². The highest BCUT2D eigenvalue weighted by Crippen LogP contribution is 2.34. The molecule has 0 heterocycles. The quantitative estimate of drug-likeness (QED) is 0.835. The summed E-state index contributed by atoms with van der Waals surface area (Å²) in [6, 6.07) is -0.853. The van der Waals surface area contributed by atoms with Crippen LogP contribution in [0.4, 0.5) is 8.78 Å². The van der Waals surface area contributed by atoms with Gasteiger partial charge in [-0.15, -0.1) is 0 Å². The first-order chi connectivity index (χ1) is 7.40. The second-order valence-corrected chi connectivity index (χ2v) is 3.77. The summed E-state index contributed by atoms with van der Waals surface area (Å²) in [5, 5.41) is 8.68. The number of methoxy groups -OCH3 is 1. The van der Waals surface area contributed by atoms with Gasteiger partial charge in [0.15, 0.2) is 11.6 Å². The Balaban J connectivity index is 3.50. The first kappa shape index (κ1) is 12.9. The van der Waals surface area contributed by atoms with E-state index in [-0.39, 0.29) is 4.47 Å². The summed E-state index contributed by atoms with van der Waals surface area (Å²) < 4.78 is 31.3. The average molecular weight is 296 g/mol. The van der Waals surface area contributed by atoms with Crippen molar-refractivity contribution in [3.63, 3.8) is 0 Å². The van der Waals surface area contributed by atoms with Crippen molar-refractivity contribution >= 4 is 21.9 Å². The lowest BCUT2D eigenvalue weighted by Crippen LogP contribution is -2.23. The smallest absolute Gasteiger partial charge is 0.325 e. The molecule has 0 aliphatic heterocycles. The number of nitrogens with two attached hydrogens (primary N) is 1. The van der Waals surface area contributed by atoms with Crippen molar-refractivity contribution in [2.75, 3.05) is 7.11 Å². The van der Waals surface area contributed by atoms with E-state index in [1.807, 2.05) is 0 Å².